The van der Waals surface area contributed by atoms with Gasteiger partial charge in [0.1, 0.15) is 0 Å². The fraction of sp³-hybridized carbons (Fsp3) is 0.733. The molecule has 2 rings (SSSR count). The molecule has 1 heterocycles. The second-order valence-electron chi connectivity index (χ2n) is 6.13. The lowest BCUT2D eigenvalue weighted by atomic mass is 9.91. The Morgan fingerprint density at radius 3 is 2.88 bits per heavy atom. The van der Waals surface area contributed by atoms with E-state index in [9.17, 15) is 0 Å². The van der Waals surface area contributed by atoms with Gasteiger partial charge in [-0.2, -0.15) is 0 Å². The molecule has 1 aliphatic carbocycles. The molecule has 2 atom stereocenters. The van der Waals surface area contributed by atoms with Gasteiger partial charge in [-0.3, -0.25) is 0 Å². The first-order valence-electron chi connectivity index (χ1n) is 6.90. The maximum Gasteiger partial charge on any atom is 0.0416 e. The van der Waals surface area contributed by atoms with Gasteiger partial charge in [-0.1, -0.05) is 33.3 Å². The molecule has 0 radical (unpaired) electrons. The molecule has 96 valence electrons. The van der Waals surface area contributed by atoms with Crippen molar-refractivity contribution in [3.8, 4) is 0 Å². The Bertz CT molecular complexity index is 329. The Morgan fingerprint density at radius 1 is 1.53 bits per heavy atom. The summed E-state index contributed by atoms with van der Waals surface area (Å²) in [5, 5.41) is 6.08. The predicted molar refractivity (Wildman–Crippen MR) is 76.5 cm³/mol. The van der Waals surface area contributed by atoms with Crippen LogP contribution < -0.4 is 5.32 Å². The largest absolute Gasteiger partial charge is 0.306 e. The molecule has 0 aliphatic heterocycles. The van der Waals surface area contributed by atoms with Gasteiger partial charge in [0.15, 0.2) is 0 Å². The lowest BCUT2D eigenvalue weighted by Gasteiger charge is -2.23. The van der Waals surface area contributed by atoms with Crippen molar-refractivity contribution in [3.05, 3.63) is 22.4 Å². The SMILES string of the molecule is CCCC(NC1CCC(C)(C)C1)c1cccs1. The maximum atomic E-state index is 3.89. The van der Waals surface area contributed by atoms with Crippen LogP contribution in [0.1, 0.15) is 63.8 Å². The number of thiophene rings is 1. The fourth-order valence-corrected chi connectivity index (χ4v) is 3.77. The van der Waals surface area contributed by atoms with E-state index in [0.717, 1.165) is 6.04 Å². The summed E-state index contributed by atoms with van der Waals surface area (Å²) in [4.78, 5) is 1.51. The summed E-state index contributed by atoms with van der Waals surface area (Å²) in [6, 6.07) is 5.75. The third kappa shape index (κ3) is 3.56. The Hall–Kier alpha value is -0.340. The second kappa shape index (κ2) is 5.53. The molecular weight excluding hydrogens is 226 g/mol. The van der Waals surface area contributed by atoms with Crippen LogP contribution in [0.5, 0.6) is 0 Å². The third-order valence-corrected chi connectivity index (χ3v) is 4.86. The van der Waals surface area contributed by atoms with Crippen molar-refractivity contribution < 1.29 is 0 Å². The van der Waals surface area contributed by atoms with Gasteiger partial charge in [0, 0.05) is 17.0 Å². The predicted octanol–water partition coefficient (Wildman–Crippen LogP) is 4.76. The molecule has 0 bridgehead atoms. The van der Waals surface area contributed by atoms with Crippen molar-refractivity contribution in [2.24, 2.45) is 5.41 Å². The van der Waals surface area contributed by atoms with Gasteiger partial charge in [-0.25, -0.2) is 0 Å². The first-order valence-corrected chi connectivity index (χ1v) is 7.78. The summed E-state index contributed by atoms with van der Waals surface area (Å²) in [7, 11) is 0. The van der Waals surface area contributed by atoms with Crippen LogP contribution in [-0.2, 0) is 0 Å². The van der Waals surface area contributed by atoms with Crippen LogP contribution in [0.3, 0.4) is 0 Å². The monoisotopic (exact) mass is 251 g/mol. The zero-order valence-corrected chi connectivity index (χ0v) is 12.1. The highest BCUT2D eigenvalue weighted by Crippen LogP contribution is 2.38. The standard InChI is InChI=1S/C15H25NS/c1-4-6-13(14-7-5-10-17-14)16-12-8-9-15(2,3)11-12/h5,7,10,12-13,16H,4,6,8-9,11H2,1-3H3. The van der Waals surface area contributed by atoms with Crippen molar-refractivity contribution in [2.75, 3.05) is 0 Å². The van der Waals surface area contributed by atoms with Gasteiger partial charge in [0.25, 0.3) is 0 Å². The lowest BCUT2D eigenvalue weighted by molar-refractivity contribution is 0.349. The average Bonchev–Trinajstić information content (AvgIpc) is 2.87. The van der Waals surface area contributed by atoms with E-state index >= 15 is 0 Å². The van der Waals surface area contributed by atoms with E-state index in [4.69, 9.17) is 0 Å². The maximum absolute atomic E-state index is 3.89. The van der Waals surface area contributed by atoms with E-state index in [1.165, 1.54) is 37.0 Å². The Kier molecular flexibility index (Phi) is 4.26. The summed E-state index contributed by atoms with van der Waals surface area (Å²) in [5.74, 6) is 0. The minimum absolute atomic E-state index is 0.546. The topological polar surface area (TPSA) is 12.0 Å². The van der Waals surface area contributed by atoms with Crippen LogP contribution in [0.4, 0.5) is 0 Å². The van der Waals surface area contributed by atoms with Crippen LogP contribution in [0.25, 0.3) is 0 Å². The number of nitrogens with one attached hydrogen (secondary N) is 1. The molecule has 1 saturated carbocycles. The lowest BCUT2D eigenvalue weighted by Crippen LogP contribution is -2.31. The summed E-state index contributed by atoms with van der Waals surface area (Å²) in [6.45, 7) is 7.07. The van der Waals surface area contributed by atoms with Gasteiger partial charge in [0.05, 0.1) is 0 Å². The molecule has 1 nitrogen and oxygen atoms in total. The third-order valence-electron chi connectivity index (χ3n) is 3.87. The Balaban J connectivity index is 1.95. The van der Waals surface area contributed by atoms with Crippen molar-refractivity contribution in [1.29, 1.82) is 0 Å². The molecule has 17 heavy (non-hydrogen) atoms. The quantitative estimate of drug-likeness (QED) is 0.795. The van der Waals surface area contributed by atoms with Crippen molar-refractivity contribution in [1.82, 2.24) is 5.32 Å². The van der Waals surface area contributed by atoms with Crippen LogP contribution in [-0.4, -0.2) is 6.04 Å². The Labute approximate surface area is 110 Å². The van der Waals surface area contributed by atoms with Gasteiger partial charge >= 0.3 is 0 Å². The smallest absolute Gasteiger partial charge is 0.0416 e. The van der Waals surface area contributed by atoms with Crippen LogP contribution in [0.15, 0.2) is 17.5 Å². The minimum Gasteiger partial charge on any atom is -0.306 e. The molecule has 0 spiro atoms. The summed E-state index contributed by atoms with van der Waals surface area (Å²) in [6.07, 6.45) is 6.56. The molecule has 0 saturated heterocycles. The summed E-state index contributed by atoms with van der Waals surface area (Å²) < 4.78 is 0. The van der Waals surface area contributed by atoms with Gasteiger partial charge < -0.3 is 5.32 Å². The average molecular weight is 251 g/mol. The van der Waals surface area contributed by atoms with E-state index < -0.39 is 0 Å². The summed E-state index contributed by atoms with van der Waals surface area (Å²) >= 11 is 1.89. The first-order chi connectivity index (χ1) is 8.11. The van der Waals surface area contributed by atoms with E-state index in [1.54, 1.807) is 0 Å². The zero-order valence-electron chi connectivity index (χ0n) is 11.3. The van der Waals surface area contributed by atoms with Gasteiger partial charge in [-0.15, -0.1) is 11.3 Å². The van der Waals surface area contributed by atoms with Crippen LogP contribution in [0, 0.1) is 5.41 Å². The first kappa shape index (κ1) is 13.1. The molecule has 1 aromatic heterocycles. The van der Waals surface area contributed by atoms with Gasteiger partial charge in [-0.05, 0) is 42.5 Å². The van der Waals surface area contributed by atoms with Crippen molar-refractivity contribution >= 4 is 11.3 Å². The molecule has 1 aliphatic rings. The van der Waals surface area contributed by atoms with Crippen molar-refractivity contribution in [3.63, 3.8) is 0 Å². The number of rotatable bonds is 5. The number of hydrogen-bond acceptors (Lipinski definition) is 2. The highest BCUT2D eigenvalue weighted by atomic mass is 32.1. The molecule has 1 N–H and O–H groups in total. The van der Waals surface area contributed by atoms with Crippen molar-refractivity contribution in [2.45, 2.75) is 65.0 Å². The zero-order chi connectivity index (χ0) is 12.3. The fourth-order valence-electron chi connectivity index (χ4n) is 2.95. The highest BCUT2D eigenvalue weighted by Gasteiger charge is 2.32. The molecule has 1 fully saturated rings. The van der Waals surface area contributed by atoms with Gasteiger partial charge in [0.2, 0.25) is 0 Å². The normalized spacial score (nSPS) is 25.0. The summed E-state index contributed by atoms with van der Waals surface area (Å²) in [5.41, 5.74) is 0.546. The van der Waals surface area contributed by atoms with E-state index in [1.807, 2.05) is 11.3 Å². The molecule has 2 unspecified atom stereocenters. The molecule has 0 aromatic carbocycles. The van der Waals surface area contributed by atoms with E-state index in [-0.39, 0.29) is 0 Å². The molecular formula is C15H25NS. The van der Waals surface area contributed by atoms with E-state index in [2.05, 4.69) is 43.6 Å². The molecule has 2 heteroatoms. The number of hydrogen-bond donors (Lipinski definition) is 1. The van der Waals surface area contributed by atoms with E-state index in [0.29, 0.717) is 11.5 Å². The van der Waals surface area contributed by atoms with Crippen LogP contribution >= 0.6 is 11.3 Å². The van der Waals surface area contributed by atoms with Crippen LogP contribution in [0.2, 0.25) is 0 Å². The second-order valence-corrected chi connectivity index (χ2v) is 7.11. The molecule has 0 amide bonds. The molecule has 1 aromatic rings. The Morgan fingerprint density at radius 2 is 2.35 bits per heavy atom. The minimum atomic E-state index is 0.546. The highest BCUT2D eigenvalue weighted by molar-refractivity contribution is 7.10.